The topological polar surface area (TPSA) is 44.7 Å². The second-order valence-electron chi connectivity index (χ2n) is 6.89. The van der Waals surface area contributed by atoms with Crippen LogP contribution in [0.4, 0.5) is 0 Å². The molecule has 0 aromatic heterocycles. The van der Waals surface area contributed by atoms with Gasteiger partial charge in [-0.3, -0.25) is 4.90 Å². The van der Waals surface area contributed by atoms with Crippen molar-refractivity contribution < 1.29 is 9.84 Å². The molecule has 2 atom stereocenters. The Morgan fingerprint density at radius 1 is 1.50 bits per heavy atom. The van der Waals surface area contributed by atoms with E-state index in [9.17, 15) is 5.11 Å². The monoisotopic (exact) mass is 258 g/mol. The van der Waals surface area contributed by atoms with Gasteiger partial charge in [-0.15, -0.1) is 0 Å². The van der Waals surface area contributed by atoms with Gasteiger partial charge in [-0.1, -0.05) is 13.8 Å². The van der Waals surface area contributed by atoms with Crippen molar-refractivity contribution in [1.82, 2.24) is 10.2 Å². The van der Waals surface area contributed by atoms with Crippen LogP contribution in [0, 0.1) is 0 Å². The zero-order valence-corrected chi connectivity index (χ0v) is 12.8. The highest BCUT2D eigenvalue weighted by molar-refractivity contribution is 4.88. The fourth-order valence-corrected chi connectivity index (χ4v) is 2.67. The van der Waals surface area contributed by atoms with E-state index in [0.717, 1.165) is 13.1 Å². The van der Waals surface area contributed by atoms with Crippen molar-refractivity contribution in [3.05, 3.63) is 0 Å². The number of hydrogen-bond acceptors (Lipinski definition) is 4. The Morgan fingerprint density at radius 2 is 2.11 bits per heavy atom. The van der Waals surface area contributed by atoms with Gasteiger partial charge < -0.3 is 15.2 Å². The Bertz CT molecular complexity index is 265. The summed E-state index contributed by atoms with van der Waals surface area (Å²) in [6.07, 6.45) is 0.225. The van der Waals surface area contributed by atoms with Crippen LogP contribution in [0.2, 0.25) is 0 Å². The third-order valence-corrected chi connectivity index (χ3v) is 3.10. The fourth-order valence-electron chi connectivity index (χ4n) is 2.67. The van der Waals surface area contributed by atoms with Gasteiger partial charge in [0.2, 0.25) is 0 Å². The molecule has 0 bridgehead atoms. The van der Waals surface area contributed by atoms with Crippen LogP contribution in [0.5, 0.6) is 0 Å². The first-order valence-corrected chi connectivity index (χ1v) is 6.96. The maximum absolute atomic E-state index is 10.4. The highest BCUT2D eigenvalue weighted by Crippen LogP contribution is 2.22. The lowest BCUT2D eigenvalue weighted by atomic mass is 10.0. The molecule has 0 saturated carbocycles. The van der Waals surface area contributed by atoms with E-state index in [4.69, 9.17) is 4.74 Å². The smallest absolute Gasteiger partial charge is 0.0869 e. The van der Waals surface area contributed by atoms with E-state index in [1.54, 1.807) is 0 Å². The standard InChI is InChI=1S/C14H30N2O2/c1-11(2)15-8-14(6,17)10-16-7-12(3)18-13(4,5)9-16/h11-12,15,17H,7-10H2,1-6H3. The molecule has 0 amide bonds. The predicted octanol–water partition coefficient (Wildman–Crippen LogP) is 1.23. The molecule has 4 heteroatoms. The number of nitrogens with one attached hydrogen (secondary N) is 1. The number of hydrogen-bond donors (Lipinski definition) is 2. The van der Waals surface area contributed by atoms with E-state index in [0.29, 0.717) is 19.1 Å². The Hall–Kier alpha value is -0.160. The van der Waals surface area contributed by atoms with E-state index < -0.39 is 5.60 Å². The van der Waals surface area contributed by atoms with Gasteiger partial charge >= 0.3 is 0 Å². The van der Waals surface area contributed by atoms with Crippen LogP contribution < -0.4 is 5.32 Å². The summed E-state index contributed by atoms with van der Waals surface area (Å²) in [6, 6.07) is 0.400. The molecule has 0 aliphatic carbocycles. The quantitative estimate of drug-likeness (QED) is 0.779. The molecule has 1 aliphatic heterocycles. The number of rotatable bonds is 5. The molecule has 1 aliphatic rings. The summed E-state index contributed by atoms with van der Waals surface area (Å²) in [6.45, 7) is 15.5. The molecule has 2 N–H and O–H groups in total. The third kappa shape index (κ3) is 5.65. The number of aliphatic hydroxyl groups is 1. The van der Waals surface area contributed by atoms with Crippen LogP contribution >= 0.6 is 0 Å². The van der Waals surface area contributed by atoms with Crippen molar-refractivity contribution >= 4 is 0 Å². The third-order valence-electron chi connectivity index (χ3n) is 3.10. The largest absolute Gasteiger partial charge is 0.388 e. The van der Waals surface area contributed by atoms with Crippen molar-refractivity contribution in [2.24, 2.45) is 0 Å². The molecule has 1 rings (SSSR count). The Labute approximate surface area is 112 Å². The van der Waals surface area contributed by atoms with Crippen molar-refractivity contribution in [3.8, 4) is 0 Å². The van der Waals surface area contributed by atoms with Gasteiger partial charge in [0.1, 0.15) is 0 Å². The summed E-state index contributed by atoms with van der Waals surface area (Å²) in [7, 11) is 0. The zero-order chi connectivity index (χ0) is 14.0. The molecule has 108 valence electrons. The molecule has 1 saturated heterocycles. The summed E-state index contributed by atoms with van der Waals surface area (Å²) in [4.78, 5) is 2.30. The summed E-state index contributed by atoms with van der Waals surface area (Å²) in [5, 5.41) is 13.7. The van der Waals surface area contributed by atoms with Crippen LogP contribution in [0.1, 0.15) is 41.5 Å². The molecular weight excluding hydrogens is 228 g/mol. The lowest BCUT2D eigenvalue weighted by Gasteiger charge is -2.44. The number of ether oxygens (including phenoxy) is 1. The highest BCUT2D eigenvalue weighted by Gasteiger charge is 2.34. The molecule has 1 fully saturated rings. The molecule has 18 heavy (non-hydrogen) atoms. The Kier molecular flexibility index (Phi) is 5.18. The number of β-amino-alcohol motifs (C(OH)–C–C–N with tert-alkyl or cyclic N) is 1. The molecule has 0 aromatic rings. The minimum Gasteiger partial charge on any atom is -0.388 e. The second-order valence-corrected chi connectivity index (χ2v) is 6.89. The van der Waals surface area contributed by atoms with E-state index in [2.05, 4.69) is 44.8 Å². The fraction of sp³-hybridized carbons (Fsp3) is 1.00. The van der Waals surface area contributed by atoms with E-state index in [1.807, 2.05) is 6.92 Å². The number of morpholine rings is 1. The molecule has 0 spiro atoms. The zero-order valence-electron chi connectivity index (χ0n) is 12.8. The molecule has 0 radical (unpaired) electrons. The lowest BCUT2D eigenvalue weighted by molar-refractivity contribution is -0.140. The molecule has 2 unspecified atom stereocenters. The van der Waals surface area contributed by atoms with Crippen LogP contribution in [0.25, 0.3) is 0 Å². The predicted molar refractivity (Wildman–Crippen MR) is 74.8 cm³/mol. The first-order valence-electron chi connectivity index (χ1n) is 6.96. The van der Waals surface area contributed by atoms with E-state index in [-0.39, 0.29) is 11.7 Å². The summed E-state index contributed by atoms with van der Waals surface area (Å²) in [5.74, 6) is 0. The Balaban J connectivity index is 2.49. The average molecular weight is 258 g/mol. The lowest BCUT2D eigenvalue weighted by Crippen LogP contribution is -2.57. The maximum atomic E-state index is 10.4. The van der Waals surface area contributed by atoms with Crippen molar-refractivity contribution in [3.63, 3.8) is 0 Å². The van der Waals surface area contributed by atoms with Crippen molar-refractivity contribution in [2.45, 2.75) is 64.9 Å². The SMILES string of the molecule is CC(C)NCC(C)(O)CN1CC(C)OC(C)(C)C1. The molecule has 4 nitrogen and oxygen atoms in total. The van der Waals surface area contributed by atoms with Crippen LogP contribution in [-0.2, 0) is 4.74 Å². The molecule has 1 heterocycles. The first-order chi connectivity index (χ1) is 8.10. The normalized spacial score (nSPS) is 28.3. The summed E-state index contributed by atoms with van der Waals surface area (Å²) >= 11 is 0. The van der Waals surface area contributed by atoms with Crippen molar-refractivity contribution in [1.29, 1.82) is 0 Å². The van der Waals surface area contributed by atoms with Gasteiger partial charge in [-0.05, 0) is 27.7 Å². The van der Waals surface area contributed by atoms with Gasteiger partial charge in [-0.25, -0.2) is 0 Å². The highest BCUT2D eigenvalue weighted by atomic mass is 16.5. The van der Waals surface area contributed by atoms with Gasteiger partial charge in [-0.2, -0.15) is 0 Å². The minimum atomic E-state index is -0.697. The van der Waals surface area contributed by atoms with Crippen LogP contribution in [0.3, 0.4) is 0 Å². The van der Waals surface area contributed by atoms with Crippen LogP contribution in [0.15, 0.2) is 0 Å². The molecule has 0 aromatic carbocycles. The van der Waals surface area contributed by atoms with Gasteiger partial charge in [0, 0.05) is 32.2 Å². The van der Waals surface area contributed by atoms with Gasteiger partial charge in [0.15, 0.2) is 0 Å². The summed E-state index contributed by atoms with van der Waals surface area (Å²) < 4.78 is 5.88. The van der Waals surface area contributed by atoms with E-state index in [1.165, 1.54) is 0 Å². The second kappa shape index (κ2) is 5.87. The van der Waals surface area contributed by atoms with Gasteiger partial charge in [0.05, 0.1) is 17.3 Å². The van der Waals surface area contributed by atoms with E-state index >= 15 is 0 Å². The minimum absolute atomic E-state index is 0.126. The number of nitrogens with zero attached hydrogens (tertiary/aromatic N) is 1. The Morgan fingerprint density at radius 3 is 2.61 bits per heavy atom. The molecular formula is C14H30N2O2. The van der Waals surface area contributed by atoms with Crippen molar-refractivity contribution in [2.75, 3.05) is 26.2 Å². The van der Waals surface area contributed by atoms with Gasteiger partial charge in [0.25, 0.3) is 0 Å². The first kappa shape index (κ1) is 15.9. The van der Waals surface area contributed by atoms with Crippen LogP contribution in [-0.4, -0.2) is 59.5 Å². The summed E-state index contributed by atoms with van der Waals surface area (Å²) in [5.41, 5.74) is -0.823. The maximum Gasteiger partial charge on any atom is 0.0869 e. The average Bonchev–Trinajstić information content (AvgIpc) is 2.10.